The first-order valence-corrected chi connectivity index (χ1v) is 9.88. The first-order valence-electron chi connectivity index (χ1n) is 8.03. The van der Waals surface area contributed by atoms with E-state index in [1.807, 2.05) is 32.0 Å². The Labute approximate surface area is 148 Å². The van der Waals surface area contributed by atoms with Crippen molar-refractivity contribution >= 4 is 21.6 Å². The van der Waals surface area contributed by atoms with Crippen LogP contribution < -0.4 is 5.32 Å². The Balaban J connectivity index is 2.15. The van der Waals surface area contributed by atoms with Gasteiger partial charge in [0.25, 0.3) is 0 Å². The van der Waals surface area contributed by atoms with Gasteiger partial charge in [0.1, 0.15) is 0 Å². The zero-order valence-corrected chi connectivity index (χ0v) is 15.5. The lowest BCUT2D eigenvalue weighted by Gasteiger charge is -2.20. The molecule has 134 valence electrons. The molecule has 1 aromatic carbocycles. The van der Waals surface area contributed by atoms with Gasteiger partial charge < -0.3 is 5.32 Å². The maximum Gasteiger partial charge on any atom is 0.239 e. The summed E-state index contributed by atoms with van der Waals surface area (Å²) in [6.45, 7) is 3.79. The largest absolute Gasteiger partial charge is 0.324 e. The van der Waals surface area contributed by atoms with Crippen molar-refractivity contribution in [3.63, 3.8) is 0 Å². The van der Waals surface area contributed by atoms with E-state index in [4.69, 9.17) is 0 Å². The summed E-state index contributed by atoms with van der Waals surface area (Å²) >= 11 is 0. The molecule has 6 nitrogen and oxygen atoms in total. The van der Waals surface area contributed by atoms with Crippen molar-refractivity contribution in [1.82, 2.24) is 9.29 Å². The van der Waals surface area contributed by atoms with E-state index in [-0.39, 0.29) is 19.0 Å². The number of para-hydroxylation sites is 1. The highest BCUT2D eigenvalue weighted by atomic mass is 32.2. The molecule has 7 heteroatoms. The van der Waals surface area contributed by atoms with Crippen molar-refractivity contribution in [2.24, 2.45) is 0 Å². The average Bonchev–Trinajstić information content (AvgIpc) is 2.56. The van der Waals surface area contributed by atoms with E-state index in [9.17, 15) is 13.2 Å². The third kappa shape index (κ3) is 5.37. The third-order valence-electron chi connectivity index (χ3n) is 3.88. The van der Waals surface area contributed by atoms with Crippen molar-refractivity contribution in [1.29, 1.82) is 0 Å². The lowest BCUT2D eigenvalue weighted by Crippen LogP contribution is -2.37. The summed E-state index contributed by atoms with van der Waals surface area (Å²) < 4.78 is 25.2. The standard InChI is InChI=1S/C18H23N3O3S/c1-4-16-9-5-7-14(2)18(16)20-17(22)13-21(25(3,23)24)12-15-8-6-10-19-11-15/h5-11H,4,12-13H2,1-3H3,(H,20,22). The van der Waals surface area contributed by atoms with Crippen molar-refractivity contribution < 1.29 is 13.2 Å². The van der Waals surface area contributed by atoms with Gasteiger partial charge in [0, 0.05) is 24.6 Å². The molecular formula is C18H23N3O3S. The van der Waals surface area contributed by atoms with Gasteiger partial charge in [0.2, 0.25) is 15.9 Å². The summed E-state index contributed by atoms with van der Waals surface area (Å²) in [5.41, 5.74) is 3.45. The van der Waals surface area contributed by atoms with Crippen LogP contribution in [0.5, 0.6) is 0 Å². The number of aryl methyl sites for hydroxylation is 2. The van der Waals surface area contributed by atoms with Gasteiger partial charge in [-0.25, -0.2) is 8.42 Å². The van der Waals surface area contributed by atoms with E-state index in [1.54, 1.807) is 24.5 Å². The fourth-order valence-electron chi connectivity index (χ4n) is 2.53. The van der Waals surface area contributed by atoms with Crippen LogP contribution in [0.1, 0.15) is 23.6 Å². The Bertz CT molecular complexity index is 836. The summed E-state index contributed by atoms with van der Waals surface area (Å²) in [4.78, 5) is 16.4. The van der Waals surface area contributed by atoms with Gasteiger partial charge in [0.15, 0.2) is 0 Å². The zero-order chi connectivity index (χ0) is 18.4. The zero-order valence-electron chi connectivity index (χ0n) is 14.7. The molecule has 0 unspecified atom stereocenters. The molecule has 25 heavy (non-hydrogen) atoms. The van der Waals surface area contributed by atoms with Gasteiger partial charge in [-0.05, 0) is 36.1 Å². The van der Waals surface area contributed by atoms with Crippen LogP contribution in [0.4, 0.5) is 5.69 Å². The monoisotopic (exact) mass is 361 g/mol. The third-order valence-corrected chi connectivity index (χ3v) is 5.07. The van der Waals surface area contributed by atoms with Crippen LogP contribution >= 0.6 is 0 Å². The summed E-state index contributed by atoms with van der Waals surface area (Å²) in [5, 5.41) is 2.86. The number of aromatic nitrogens is 1. The van der Waals surface area contributed by atoms with Crippen LogP contribution in [0.25, 0.3) is 0 Å². The number of carbonyl (C=O) groups excluding carboxylic acids is 1. The fraction of sp³-hybridized carbons (Fsp3) is 0.333. The first-order chi connectivity index (χ1) is 11.8. The number of hydrogen-bond donors (Lipinski definition) is 1. The van der Waals surface area contributed by atoms with Crippen LogP contribution in [-0.2, 0) is 27.8 Å². The van der Waals surface area contributed by atoms with Crippen LogP contribution in [-0.4, -0.2) is 36.4 Å². The Morgan fingerprint density at radius 2 is 2.00 bits per heavy atom. The van der Waals surface area contributed by atoms with Gasteiger partial charge in [-0.3, -0.25) is 9.78 Å². The van der Waals surface area contributed by atoms with Gasteiger partial charge in [-0.15, -0.1) is 0 Å². The summed E-state index contributed by atoms with van der Waals surface area (Å²) in [6.07, 6.45) is 5.09. The van der Waals surface area contributed by atoms with E-state index >= 15 is 0 Å². The molecule has 0 bridgehead atoms. The Kier molecular flexibility index (Phi) is 6.27. The molecular weight excluding hydrogens is 338 g/mol. The van der Waals surface area contributed by atoms with Crippen molar-refractivity contribution in [3.05, 3.63) is 59.4 Å². The summed E-state index contributed by atoms with van der Waals surface area (Å²) in [5.74, 6) is -0.363. The lowest BCUT2D eigenvalue weighted by molar-refractivity contribution is -0.116. The highest BCUT2D eigenvalue weighted by Gasteiger charge is 2.21. The van der Waals surface area contributed by atoms with Crippen LogP contribution in [0.15, 0.2) is 42.7 Å². The molecule has 0 saturated carbocycles. The first kappa shape index (κ1) is 19.1. The molecule has 0 radical (unpaired) electrons. The maximum absolute atomic E-state index is 12.4. The Morgan fingerprint density at radius 1 is 1.24 bits per heavy atom. The Morgan fingerprint density at radius 3 is 2.60 bits per heavy atom. The summed E-state index contributed by atoms with van der Waals surface area (Å²) in [7, 11) is -3.53. The molecule has 2 rings (SSSR count). The molecule has 1 N–H and O–H groups in total. The van der Waals surface area contributed by atoms with Gasteiger partial charge in [0.05, 0.1) is 12.8 Å². The molecule has 0 atom stereocenters. The molecule has 0 saturated heterocycles. The van der Waals surface area contributed by atoms with Crippen molar-refractivity contribution in [2.45, 2.75) is 26.8 Å². The quantitative estimate of drug-likeness (QED) is 0.821. The molecule has 2 aromatic rings. The maximum atomic E-state index is 12.4. The minimum absolute atomic E-state index is 0.106. The van der Waals surface area contributed by atoms with E-state index in [1.165, 1.54) is 0 Å². The van der Waals surface area contributed by atoms with Gasteiger partial charge in [-0.1, -0.05) is 31.2 Å². The molecule has 1 amide bonds. The number of amides is 1. The second kappa shape index (κ2) is 8.22. The SMILES string of the molecule is CCc1cccc(C)c1NC(=O)CN(Cc1cccnc1)S(C)(=O)=O. The number of anilines is 1. The smallest absolute Gasteiger partial charge is 0.239 e. The summed E-state index contributed by atoms with van der Waals surface area (Å²) in [6, 6.07) is 9.32. The van der Waals surface area contributed by atoms with Crippen molar-refractivity contribution in [3.8, 4) is 0 Å². The molecule has 1 aromatic heterocycles. The molecule has 0 aliphatic heterocycles. The van der Waals surface area contributed by atoms with Crippen molar-refractivity contribution in [2.75, 3.05) is 18.1 Å². The number of nitrogens with one attached hydrogen (secondary N) is 1. The average molecular weight is 361 g/mol. The topological polar surface area (TPSA) is 79.4 Å². The van der Waals surface area contributed by atoms with Crippen LogP contribution in [0.2, 0.25) is 0 Å². The highest BCUT2D eigenvalue weighted by Crippen LogP contribution is 2.21. The molecule has 1 heterocycles. The number of carbonyl (C=O) groups is 1. The second-order valence-electron chi connectivity index (χ2n) is 5.90. The highest BCUT2D eigenvalue weighted by molar-refractivity contribution is 7.88. The van der Waals surface area contributed by atoms with E-state index in [0.717, 1.165) is 39.4 Å². The van der Waals surface area contributed by atoms with E-state index in [2.05, 4.69) is 10.3 Å². The predicted molar refractivity (Wildman–Crippen MR) is 98.7 cm³/mol. The predicted octanol–water partition coefficient (Wildman–Crippen LogP) is 2.35. The van der Waals surface area contributed by atoms with Gasteiger partial charge >= 0.3 is 0 Å². The second-order valence-corrected chi connectivity index (χ2v) is 7.89. The Hall–Kier alpha value is -2.25. The minimum atomic E-state index is -3.53. The number of hydrogen-bond acceptors (Lipinski definition) is 4. The fourth-order valence-corrected chi connectivity index (χ4v) is 3.26. The van der Waals surface area contributed by atoms with Gasteiger partial charge in [-0.2, -0.15) is 4.31 Å². The molecule has 0 spiro atoms. The lowest BCUT2D eigenvalue weighted by atomic mass is 10.1. The molecule has 0 fully saturated rings. The van der Waals surface area contributed by atoms with E-state index < -0.39 is 10.0 Å². The molecule has 0 aliphatic rings. The number of rotatable bonds is 7. The normalized spacial score (nSPS) is 11.5. The number of benzene rings is 1. The van der Waals surface area contributed by atoms with Crippen LogP contribution in [0, 0.1) is 6.92 Å². The molecule has 0 aliphatic carbocycles. The number of pyridine rings is 1. The minimum Gasteiger partial charge on any atom is -0.324 e. The number of sulfonamides is 1. The van der Waals surface area contributed by atoms with E-state index in [0.29, 0.717) is 0 Å². The number of nitrogens with zero attached hydrogens (tertiary/aromatic N) is 2. The van der Waals surface area contributed by atoms with Crippen LogP contribution in [0.3, 0.4) is 0 Å².